The molecule has 1 saturated heterocycles. The number of aromatic nitrogens is 2. The molecule has 1 aliphatic heterocycles. The van der Waals surface area contributed by atoms with Gasteiger partial charge in [-0.05, 0) is 19.3 Å². The fourth-order valence-electron chi connectivity index (χ4n) is 1.91. The van der Waals surface area contributed by atoms with Crippen LogP contribution < -0.4 is 0 Å². The summed E-state index contributed by atoms with van der Waals surface area (Å²) in [4.78, 5) is 3.89. The summed E-state index contributed by atoms with van der Waals surface area (Å²) < 4.78 is 7.22. The van der Waals surface area contributed by atoms with Gasteiger partial charge < -0.3 is 9.30 Å². The molecule has 2 heterocycles. The molecular weight excluding hydrogens is 204 g/mol. The van der Waals surface area contributed by atoms with Crippen molar-refractivity contribution < 1.29 is 4.74 Å². The molecule has 5 nitrogen and oxygen atoms in total. The first-order valence-electron chi connectivity index (χ1n) is 5.32. The molecule has 0 spiro atoms. The molecule has 1 unspecified atom stereocenters. The maximum atomic E-state index is 8.92. The number of hydrogen-bond donors (Lipinski definition) is 0. The molecule has 1 atom stereocenters. The van der Waals surface area contributed by atoms with Gasteiger partial charge in [0.05, 0.1) is 12.4 Å². The lowest BCUT2D eigenvalue weighted by molar-refractivity contribution is 0.100. The second kappa shape index (κ2) is 4.78. The lowest BCUT2D eigenvalue weighted by Gasteiger charge is -2.09. The van der Waals surface area contributed by atoms with Crippen molar-refractivity contribution in [2.75, 3.05) is 6.61 Å². The standard InChI is InChI=1S/C11H12N4O/c12-6-10-11(7-13)15(8-14-10)4-3-9-2-1-5-16-9/h8-9H,1-5H2. The summed E-state index contributed by atoms with van der Waals surface area (Å²) in [5.41, 5.74) is 0.551. The summed E-state index contributed by atoms with van der Waals surface area (Å²) in [6.07, 6.45) is 4.91. The number of hydrogen-bond acceptors (Lipinski definition) is 4. The van der Waals surface area contributed by atoms with Crippen LogP contribution in [0.2, 0.25) is 0 Å². The fraction of sp³-hybridized carbons (Fsp3) is 0.545. The van der Waals surface area contributed by atoms with Gasteiger partial charge in [0, 0.05) is 13.2 Å². The molecule has 1 aromatic rings. The highest BCUT2D eigenvalue weighted by Gasteiger charge is 2.16. The minimum absolute atomic E-state index is 0.204. The first-order valence-corrected chi connectivity index (χ1v) is 5.32. The minimum atomic E-state index is 0.204. The van der Waals surface area contributed by atoms with E-state index < -0.39 is 0 Å². The summed E-state index contributed by atoms with van der Waals surface area (Å²) in [5.74, 6) is 0. The average Bonchev–Trinajstić information content (AvgIpc) is 2.94. The third-order valence-electron chi connectivity index (χ3n) is 2.77. The first kappa shape index (κ1) is 10.7. The fourth-order valence-corrected chi connectivity index (χ4v) is 1.91. The zero-order valence-corrected chi connectivity index (χ0v) is 8.89. The van der Waals surface area contributed by atoms with Crippen molar-refractivity contribution in [1.82, 2.24) is 9.55 Å². The van der Waals surface area contributed by atoms with Gasteiger partial charge in [-0.1, -0.05) is 0 Å². The Morgan fingerprint density at radius 1 is 1.50 bits per heavy atom. The maximum Gasteiger partial charge on any atom is 0.176 e. The van der Waals surface area contributed by atoms with Gasteiger partial charge in [-0.3, -0.25) is 0 Å². The van der Waals surface area contributed by atoms with Crippen LogP contribution >= 0.6 is 0 Å². The molecule has 0 aliphatic carbocycles. The predicted molar refractivity (Wildman–Crippen MR) is 55.2 cm³/mol. The molecule has 0 saturated carbocycles. The summed E-state index contributed by atoms with van der Waals surface area (Å²) in [5, 5.41) is 17.7. The topological polar surface area (TPSA) is 74.6 Å². The molecule has 1 aromatic heterocycles. The van der Waals surface area contributed by atoms with Crippen LogP contribution in [0, 0.1) is 22.7 Å². The number of nitriles is 2. The van der Waals surface area contributed by atoms with Gasteiger partial charge in [-0.15, -0.1) is 0 Å². The number of imidazole rings is 1. The minimum Gasteiger partial charge on any atom is -0.378 e. The Kier molecular flexibility index (Phi) is 3.19. The summed E-state index contributed by atoms with van der Waals surface area (Å²) in [6.45, 7) is 1.52. The largest absolute Gasteiger partial charge is 0.378 e. The van der Waals surface area contributed by atoms with Crippen molar-refractivity contribution in [2.45, 2.75) is 31.9 Å². The molecule has 0 aromatic carbocycles. The average molecular weight is 216 g/mol. The second-order valence-corrected chi connectivity index (χ2v) is 3.78. The van der Waals surface area contributed by atoms with Crippen molar-refractivity contribution in [2.24, 2.45) is 0 Å². The van der Waals surface area contributed by atoms with Gasteiger partial charge in [0.15, 0.2) is 11.4 Å². The van der Waals surface area contributed by atoms with Crippen molar-refractivity contribution in [3.63, 3.8) is 0 Å². The van der Waals surface area contributed by atoms with E-state index in [1.807, 2.05) is 12.1 Å². The predicted octanol–water partition coefficient (Wildman–Crippen LogP) is 1.20. The number of nitrogens with zero attached hydrogens (tertiary/aromatic N) is 4. The highest BCUT2D eigenvalue weighted by Crippen LogP contribution is 2.16. The van der Waals surface area contributed by atoms with Gasteiger partial charge in [0.2, 0.25) is 0 Å². The van der Waals surface area contributed by atoms with Gasteiger partial charge in [0.1, 0.15) is 12.1 Å². The van der Waals surface area contributed by atoms with E-state index in [-0.39, 0.29) is 5.69 Å². The second-order valence-electron chi connectivity index (χ2n) is 3.78. The van der Waals surface area contributed by atoms with Gasteiger partial charge in [-0.2, -0.15) is 10.5 Å². The number of aryl methyl sites for hydroxylation is 1. The van der Waals surface area contributed by atoms with Crippen molar-refractivity contribution in [1.29, 1.82) is 10.5 Å². The van der Waals surface area contributed by atoms with E-state index in [4.69, 9.17) is 15.3 Å². The van der Waals surface area contributed by atoms with Gasteiger partial charge in [-0.25, -0.2) is 4.98 Å². The molecule has 0 radical (unpaired) electrons. The molecule has 0 N–H and O–H groups in total. The van der Waals surface area contributed by atoms with Crippen molar-refractivity contribution in [3.8, 4) is 12.1 Å². The van der Waals surface area contributed by atoms with E-state index in [2.05, 4.69) is 4.98 Å². The van der Waals surface area contributed by atoms with Crippen LogP contribution in [0.1, 0.15) is 30.7 Å². The van der Waals surface area contributed by atoms with E-state index in [1.165, 1.54) is 0 Å². The molecule has 82 valence electrons. The van der Waals surface area contributed by atoms with E-state index in [0.29, 0.717) is 18.3 Å². The molecular formula is C11H12N4O. The molecule has 5 heteroatoms. The van der Waals surface area contributed by atoms with Crippen LogP contribution in [0.25, 0.3) is 0 Å². The van der Waals surface area contributed by atoms with Crippen LogP contribution in [-0.2, 0) is 11.3 Å². The maximum absolute atomic E-state index is 8.92. The Labute approximate surface area is 93.9 Å². The normalized spacial score (nSPS) is 19.2. The van der Waals surface area contributed by atoms with E-state index in [0.717, 1.165) is 25.9 Å². The van der Waals surface area contributed by atoms with Crippen LogP contribution in [-0.4, -0.2) is 22.3 Å². The molecule has 2 rings (SSSR count). The van der Waals surface area contributed by atoms with Crippen LogP contribution in [0.15, 0.2) is 6.33 Å². The van der Waals surface area contributed by atoms with Crippen molar-refractivity contribution >= 4 is 0 Å². The lowest BCUT2D eigenvalue weighted by Crippen LogP contribution is -2.10. The number of ether oxygens (including phenoxy) is 1. The molecule has 16 heavy (non-hydrogen) atoms. The van der Waals surface area contributed by atoms with E-state index in [9.17, 15) is 0 Å². The molecule has 1 fully saturated rings. The van der Waals surface area contributed by atoms with Gasteiger partial charge in [0.25, 0.3) is 0 Å². The summed E-state index contributed by atoms with van der Waals surface area (Å²) in [6, 6.07) is 3.92. The Morgan fingerprint density at radius 3 is 3.00 bits per heavy atom. The smallest absolute Gasteiger partial charge is 0.176 e. The highest BCUT2D eigenvalue weighted by molar-refractivity contribution is 5.35. The molecule has 0 amide bonds. The number of rotatable bonds is 3. The highest BCUT2D eigenvalue weighted by atomic mass is 16.5. The van der Waals surface area contributed by atoms with Crippen LogP contribution in [0.5, 0.6) is 0 Å². The van der Waals surface area contributed by atoms with Crippen LogP contribution in [0.4, 0.5) is 0 Å². The van der Waals surface area contributed by atoms with E-state index >= 15 is 0 Å². The summed E-state index contributed by atoms with van der Waals surface area (Å²) >= 11 is 0. The van der Waals surface area contributed by atoms with Crippen LogP contribution in [0.3, 0.4) is 0 Å². The third-order valence-corrected chi connectivity index (χ3v) is 2.77. The zero-order chi connectivity index (χ0) is 11.4. The Morgan fingerprint density at radius 2 is 2.38 bits per heavy atom. The molecule has 1 aliphatic rings. The van der Waals surface area contributed by atoms with Crippen molar-refractivity contribution in [3.05, 3.63) is 17.7 Å². The monoisotopic (exact) mass is 216 g/mol. The van der Waals surface area contributed by atoms with Gasteiger partial charge >= 0.3 is 0 Å². The zero-order valence-electron chi connectivity index (χ0n) is 8.89. The lowest BCUT2D eigenvalue weighted by atomic mass is 10.2. The third kappa shape index (κ3) is 2.05. The summed E-state index contributed by atoms with van der Waals surface area (Å²) in [7, 11) is 0. The quantitative estimate of drug-likeness (QED) is 0.760. The molecule has 0 bridgehead atoms. The first-order chi connectivity index (χ1) is 7.85. The Hall–Kier alpha value is -1.85. The Bertz CT molecular complexity index is 446. The Balaban J connectivity index is 2.02. The van der Waals surface area contributed by atoms with E-state index in [1.54, 1.807) is 10.9 Å². The SMILES string of the molecule is N#Cc1ncn(CCC2CCCO2)c1C#N.